The summed E-state index contributed by atoms with van der Waals surface area (Å²) in [5.41, 5.74) is 0.633. The van der Waals surface area contributed by atoms with Crippen LogP contribution in [0.25, 0.3) is 0 Å². The van der Waals surface area contributed by atoms with Crippen LogP contribution < -0.4 is 14.8 Å². The molecule has 1 aromatic carbocycles. The molecule has 0 spiro atoms. The second kappa shape index (κ2) is 10.6. The van der Waals surface area contributed by atoms with Gasteiger partial charge in [0.05, 0.1) is 33.5 Å². The van der Waals surface area contributed by atoms with Crippen LogP contribution in [0.2, 0.25) is 0 Å². The smallest absolute Gasteiger partial charge is 0.365 e. The molecule has 0 atom stereocenters. The summed E-state index contributed by atoms with van der Waals surface area (Å²) in [5, 5.41) is 0.292. The summed E-state index contributed by atoms with van der Waals surface area (Å²) in [6.45, 7) is 7.45. The number of carbonyl (C=O) groups is 1. The summed E-state index contributed by atoms with van der Waals surface area (Å²) in [6, 6.07) is 3.44. The highest BCUT2D eigenvalue weighted by Gasteiger charge is 2.35. The van der Waals surface area contributed by atoms with Crippen LogP contribution in [0.1, 0.15) is 39.7 Å². The van der Waals surface area contributed by atoms with Crippen molar-refractivity contribution in [2.75, 3.05) is 27.4 Å². The molecular weight excluding hydrogens is 359 g/mol. The third-order valence-electron chi connectivity index (χ3n) is 3.44. The summed E-state index contributed by atoms with van der Waals surface area (Å²) < 4.78 is 40.3. The Balaban J connectivity index is 3.37. The van der Waals surface area contributed by atoms with Gasteiger partial charge in [-0.3, -0.25) is 9.36 Å². The van der Waals surface area contributed by atoms with Gasteiger partial charge in [0.1, 0.15) is 5.30 Å². The van der Waals surface area contributed by atoms with E-state index in [1.807, 2.05) is 0 Å². The zero-order chi connectivity index (χ0) is 19.7. The summed E-state index contributed by atoms with van der Waals surface area (Å²) in [6.07, 6.45) is 0.259. The molecule has 1 rings (SSSR count). The molecule has 0 saturated carbocycles. The number of benzene rings is 1. The lowest BCUT2D eigenvalue weighted by Gasteiger charge is -2.23. The third-order valence-corrected chi connectivity index (χ3v) is 5.67. The van der Waals surface area contributed by atoms with Crippen LogP contribution in [0.4, 0.5) is 0 Å². The maximum atomic E-state index is 13.4. The van der Waals surface area contributed by atoms with Crippen LogP contribution in [0.3, 0.4) is 0 Å². The Morgan fingerprint density at radius 3 is 2.15 bits per heavy atom. The topological polar surface area (TPSA) is 80.3 Å². The Hall–Kier alpha value is -1.56. The molecule has 0 saturated heterocycles. The van der Waals surface area contributed by atoms with E-state index >= 15 is 0 Å². The van der Waals surface area contributed by atoms with Gasteiger partial charge in [0.2, 0.25) is 0 Å². The molecule has 0 bridgehead atoms. The van der Waals surface area contributed by atoms with Crippen LogP contribution in [0.5, 0.6) is 11.5 Å². The zero-order valence-corrected chi connectivity index (χ0v) is 17.3. The van der Waals surface area contributed by atoms with Crippen molar-refractivity contribution in [3.05, 3.63) is 17.7 Å². The standard InChI is InChI=1S/C18H29O7P/c1-7-23-26(20,24-8-2)18-14(10-12-16(19)25-13(3)4)9-11-15(21-5)17(18)22-6/h9,11,13H,7-8,10,12H2,1-6H3. The van der Waals surface area contributed by atoms with Gasteiger partial charge in [0.25, 0.3) is 0 Å². The molecule has 0 unspecified atom stereocenters. The first-order valence-corrected chi connectivity index (χ1v) is 10.2. The quantitative estimate of drug-likeness (QED) is 0.424. The fraction of sp³-hybridized carbons (Fsp3) is 0.611. The van der Waals surface area contributed by atoms with Gasteiger partial charge in [0.15, 0.2) is 11.5 Å². The van der Waals surface area contributed by atoms with E-state index in [2.05, 4.69) is 0 Å². The third kappa shape index (κ3) is 5.73. The molecule has 1 aromatic rings. The number of methoxy groups -OCH3 is 2. The van der Waals surface area contributed by atoms with Crippen molar-refractivity contribution >= 4 is 18.9 Å². The van der Waals surface area contributed by atoms with E-state index in [1.165, 1.54) is 14.2 Å². The van der Waals surface area contributed by atoms with Crippen LogP contribution >= 0.6 is 7.60 Å². The summed E-state index contributed by atoms with van der Waals surface area (Å²) >= 11 is 0. The Morgan fingerprint density at radius 1 is 1.08 bits per heavy atom. The van der Waals surface area contributed by atoms with Gasteiger partial charge in [-0.05, 0) is 45.7 Å². The second-order valence-electron chi connectivity index (χ2n) is 5.68. The van der Waals surface area contributed by atoms with Crippen LogP contribution in [-0.4, -0.2) is 39.5 Å². The molecule has 0 aromatic heterocycles. The van der Waals surface area contributed by atoms with Crippen LogP contribution in [0, 0.1) is 0 Å². The highest BCUT2D eigenvalue weighted by atomic mass is 31.2. The van der Waals surface area contributed by atoms with Crippen LogP contribution in [0.15, 0.2) is 12.1 Å². The van der Waals surface area contributed by atoms with Gasteiger partial charge < -0.3 is 23.3 Å². The van der Waals surface area contributed by atoms with Gasteiger partial charge >= 0.3 is 13.6 Å². The van der Waals surface area contributed by atoms with Crippen molar-refractivity contribution < 1.29 is 32.6 Å². The number of hydrogen-bond acceptors (Lipinski definition) is 7. The van der Waals surface area contributed by atoms with E-state index in [4.69, 9.17) is 23.3 Å². The van der Waals surface area contributed by atoms with E-state index in [0.717, 1.165) is 0 Å². The zero-order valence-electron chi connectivity index (χ0n) is 16.4. The van der Waals surface area contributed by atoms with Gasteiger partial charge in [-0.25, -0.2) is 0 Å². The van der Waals surface area contributed by atoms with Crippen molar-refractivity contribution in [3.63, 3.8) is 0 Å². The van der Waals surface area contributed by atoms with Crippen molar-refractivity contribution in [2.45, 2.75) is 46.6 Å². The number of aryl methyl sites for hydroxylation is 1. The van der Waals surface area contributed by atoms with Crippen molar-refractivity contribution in [2.24, 2.45) is 0 Å². The molecule has 0 N–H and O–H groups in total. The van der Waals surface area contributed by atoms with Gasteiger partial charge in [0, 0.05) is 6.42 Å². The van der Waals surface area contributed by atoms with E-state index in [9.17, 15) is 9.36 Å². The molecule has 148 valence electrons. The Kier molecular flexibility index (Phi) is 9.13. The Labute approximate surface area is 155 Å². The minimum Gasteiger partial charge on any atom is -0.493 e. The Bertz CT molecular complexity index is 633. The predicted octanol–water partition coefficient (Wildman–Crippen LogP) is 3.48. The maximum absolute atomic E-state index is 13.4. The number of carbonyl (C=O) groups excluding carboxylic acids is 1. The van der Waals surface area contributed by atoms with E-state index in [0.29, 0.717) is 23.0 Å². The first-order chi connectivity index (χ1) is 12.3. The molecule has 0 aliphatic carbocycles. The van der Waals surface area contributed by atoms with Gasteiger partial charge in [-0.2, -0.15) is 0 Å². The fourth-order valence-corrected chi connectivity index (χ4v) is 4.52. The van der Waals surface area contributed by atoms with Crippen molar-refractivity contribution in [3.8, 4) is 11.5 Å². The molecule has 8 heteroatoms. The van der Waals surface area contributed by atoms with Crippen LogP contribution in [-0.2, 0) is 29.6 Å². The monoisotopic (exact) mass is 388 g/mol. The SMILES string of the molecule is CCOP(=O)(OCC)c1c(CCC(=O)OC(C)C)ccc(OC)c1OC. The van der Waals surface area contributed by atoms with Crippen molar-refractivity contribution in [1.82, 2.24) is 0 Å². The number of ether oxygens (including phenoxy) is 3. The van der Waals surface area contributed by atoms with E-state index in [1.54, 1.807) is 39.8 Å². The molecule has 0 fully saturated rings. The summed E-state index contributed by atoms with van der Waals surface area (Å²) in [4.78, 5) is 11.9. The molecule has 0 amide bonds. The summed E-state index contributed by atoms with van der Waals surface area (Å²) in [5.74, 6) is 0.367. The lowest BCUT2D eigenvalue weighted by atomic mass is 10.1. The lowest BCUT2D eigenvalue weighted by molar-refractivity contribution is -0.147. The minimum atomic E-state index is -3.65. The molecule has 0 radical (unpaired) electrons. The minimum absolute atomic E-state index is 0.138. The predicted molar refractivity (Wildman–Crippen MR) is 99.6 cm³/mol. The first kappa shape index (κ1) is 22.5. The molecule has 26 heavy (non-hydrogen) atoms. The molecule has 0 aliphatic heterocycles. The average Bonchev–Trinajstić information content (AvgIpc) is 2.58. The number of esters is 1. The number of hydrogen-bond donors (Lipinski definition) is 0. The lowest BCUT2D eigenvalue weighted by Crippen LogP contribution is -2.20. The Morgan fingerprint density at radius 2 is 1.69 bits per heavy atom. The highest BCUT2D eigenvalue weighted by molar-refractivity contribution is 7.62. The number of rotatable bonds is 11. The van der Waals surface area contributed by atoms with Gasteiger partial charge in [-0.1, -0.05) is 6.07 Å². The molecular formula is C18H29O7P. The molecule has 0 heterocycles. The fourth-order valence-electron chi connectivity index (χ4n) is 2.52. The normalized spacial score (nSPS) is 11.5. The molecule has 7 nitrogen and oxygen atoms in total. The summed E-state index contributed by atoms with van der Waals surface area (Å²) in [7, 11) is -0.696. The second-order valence-corrected chi connectivity index (χ2v) is 7.64. The van der Waals surface area contributed by atoms with Gasteiger partial charge in [-0.15, -0.1) is 0 Å². The van der Waals surface area contributed by atoms with E-state index < -0.39 is 7.60 Å². The molecule has 0 aliphatic rings. The maximum Gasteiger partial charge on any atom is 0.365 e. The largest absolute Gasteiger partial charge is 0.493 e. The van der Waals surface area contributed by atoms with E-state index in [-0.39, 0.29) is 37.5 Å². The average molecular weight is 388 g/mol. The first-order valence-electron chi connectivity index (χ1n) is 8.65. The highest BCUT2D eigenvalue weighted by Crippen LogP contribution is 2.52. The van der Waals surface area contributed by atoms with Crippen molar-refractivity contribution in [1.29, 1.82) is 0 Å².